The third-order valence-corrected chi connectivity index (χ3v) is 3.92. The van der Waals surface area contributed by atoms with Crippen molar-refractivity contribution in [1.82, 2.24) is 24.6 Å². The summed E-state index contributed by atoms with van der Waals surface area (Å²) in [7, 11) is 0. The van der Waals surface area contributed by atoms with Crippen molar-refractivity contribution >= 4 is 5.91 Å². The number of hydrogen-bond donors (Lipinski definition) is 1. The van der Waals surface area contributed by atoms with E-state index in [1.54, 1.807) is 18.2 Å². The molecule has 4 rings (SSSR count). The van der Waals surface area contributed by atoms with E-state index in [9.17, 15) is 9.59 Å². The molecule has 8 heteroatoms. The molecule has 0 spiro atoms. The fourth-order valence-electron chi connectivity index (χ4n) is 2.57. The lowest BCUT2D eigenvalue weighted by atomic mass is 10.3. The smallest absolute Gasteiger partial charge is 0.352 e. The van der Waals surface area contributed by atoms with Crippen molar-refractivity contribution in [3.63, 3.8) is 0 Å². The first-order chi connectivity index (χ1) is 12.1. The van der Waals surface area contributed by atoms with Crippen molar-refractivity contribution < 1.29 is 9.21 Å². The Balaban J connectivity index is 1.77. The first kappa shape index (κ1) is 15.4. The standard InChI is InChI=1S/C17H17N5O3/c1-11-4-2-6-14(18-11)22-16(13-5-3-9-25-13)20-21(17(22)24)10-15(23)19-12-7-8-12/h2-6,9,12H,7-8,10H2,1H3,(H,19,23). The van der Waals surface area contributed by atoms with E-state index in [0.717, 1.165) is 23.2 Å². The van der Waals surface area contributed by atoms with E-state index in [1.807, 2.05) is 19.1 Å². The van der Waals surface area contributed by atoms with Crippen molar-refractivity contribution in [2.45, 2.75) is 32.4 Å². The first-order valence-electron chi connectivity index (χ1n) is 8.09. The molecule has 25 heavy (non-hydrogen) atoms. The number of aromatic nitrogens is 4. The van der Waals surface area contributed by atoms with Gasteiger partial charge in [0.25, 0.3) is 0 Å². The molecule has 8 nitrogen and oxygen atoms in total. The van der Waals surface area contributed by atoms with Crippen molar-refractivity contribution in [3.8, 4) is 17.4 Å². The van der Waals surface area contributed by atoms with Crippen LogP contribution in [0.5, 0.6) is 0 Å². The van der Waals surface area contributed by atoms with Crippen LogP contribution in [0.2, 0.25) is 0 Å². The number of pyridine rings is 1. The SMILES string of the molecule is Cc1cccc(-n2c(-c3ccco3)nn(CC(=O)NC3CC3)c2=O)n1. The summed E-state index contributed by atoms with van der Waals surface area (Å²) in [6.45, 7) is 1.70. The number of nitrogens with one attached hydrogen (secondary N) is 1. The molecular formula is C17H17N5O3. The summed E-state index contributed by atoms with van der Waals surface area (Å²) < 4.78 is 7.89. The Kier molecular flexibility index (Phi) is 3.72. The molecule has 128 valence electrons. The second-order valence-electron chi connectivity index (χ2n) is 6.06. The van der Waals surface area contributed by atoms with Gasteiger partial charge >= 0.3 is 5.69 Å². The van der Waals surface area contributed by atoms with Crippen LogP contribution < -0.4 is 11.0 Å². The molecule has 0 atom stereocenters. The maximum atomic E-state index is 12.8. The summed E-state index contributed by atoms with van der Waals surface area (Å²) in [4.78, 5) is 29.3. The molecule has 1 saturated carbocycles. The van der Waals surface area contributed by atoms with Gasteiger partial charge in [-0.3, -0.25) is 4.79 Å². The molecule has 3 aromatic rings. The average Bonchev–Trinajstić information content (AvgIpc) is 3.10. The van der Waals surface area contributed by atoms with Gasteiger partial charge in [0, 0.05) is 11.7 Å². The Hall–Kier alpha value is -3.16. The second-order valence-corrected chi connectivity index (χ2v) is 6.06. The number of rotatable bonds is 5. The second kappa shape index (κ2) is 6.04. The molecule has 0 aromatic carbocycles. The number of nitrogens with zero attached hydrogens (tertiary/aromatic N) is 4. The first-order valence-corrected chi connectivity index (χ1v) is 8.09. The van der Waals surface area contributed by atoms with E-state index >= 15 is 0 Å². The Bertz CT molecular complexity index is 967. The van der Waals surface area contributed by atoms with Crippen molar-refractivity contribution in [1.29, 1.82) is 0 Å². The van der Waals surface area contributed by atoms with E-state index in [4.69, 9.17) is 4.42 Å². The molecular weight excluding hydrogens is 322 g/mol. The number of amides is 1. The van der Waals surface area contributed by atoms with Crippen molar-refractivity contribution in [2.75, 3.05) is 0 Å². The lowest BCUT2D eigenvalue weighted by molar-refractivity contribution is -0.122. The van der Waals surface area contributed by atoms with Crippen LogP contribution >= 0.6 is 0 Å². The Morgan fingerprint density at radius 3 is 2.84 bits per heavy atom. The highest BCUT2D eigenvalue weighted by atomic mass is 16.3. The highest BCUT2D eigenvalue weighted by Crippen LogP contribution is 2.20. The molecule has 0 unspecified atom stereocenters. The summed E-state index contributed by atoms with van der Waals surface area (Å²) in [6, 6.07) is 9.03. The van der Waals surface area contributed by atoms with E-state index in [0.29, 0.717) is 17.4 Å². The van der Waals surface area contributed by atoms with Gasteiger partial charge in [0.1, 0.15) is 12.4 Å². The molecule has 0 aliphatic heterocycles. The number of furan rings is 1. The van der Waals surface area contributed by atoms with Crippen LogP contribution in [0.15, 0.2) is 45.8 Å². The van der Waals surface area contributed by atoms with Gasteiger partial charge in [0.2, 0.25) is 11.7 Å². The van der Waals surface area contributed by atoms with Gasteiger partial charge in [-0.2, -0.15) is 0 Å². The van der Waals surface area contributed by atoms with Gasteiger partial charge in [-0.25, -0.2) is 19.0 Å². The maximum absolute atomic E-state index is 12.8. The van der Waals surface area contributed by atoms with Crippen LogP contribution in [0.3, 0.4) is 0 Å². The van der Waals surface area contributed by atoms with Crippen LogP contribution in [0.25, 0.3) is 17.4 Å². The number of hydrogen-bond acceptors (Lipinski definition) is 5. The zero-order chi connectivity index (χ0) is 17.4. The lowest BCUT2D eigenvalue weighted by Gasteiger charge is -2.03. The van der Waals surface area contributed by atoms with Gasteiger partial charge in [0.05, 0.1) is 6.26 Å². The van der Waals surface area contributed by atoms with E-state index < -0.39 is 5.69 Å². The van der Waals surface area contributed by atoms with E-state index in [2.05, 4.69) is 15.4 Å². The third-order valence-electron chi connectivity index (χ3n) is 3.92. The molecule has 3 heterocycles. The minimum atomic E-state index is -0.435. The Morgan fingerprint density at radius 2 is 2.16 bits per heavy atom. The normalized spacial score (nSPS) is 13.8. The van der Waals surface area contributed by atoms with Gasteiger partial charge in [-0.1, -0.05) is 6.07 Å². The predicted octanol–water partition coefficient (Wildman–Crippen LogP) is 1.28. The summed E-state index contributed by atoms with van der Waals surface area (Å²) in [6.07, 6.45) is 3.48. The summed E-state index contributed by atoms with van der Waals surface area (Å²) in [5.74, 6) is 0.955. The highest BCUT2D eigenvalue weighted by molar-refractivity contribution is 5.76. The minimum absolute atomic E-state index is 0.137. The quantitative estimate of drug-likeness (QED) is 0.755. The Labute approximate surface area is 143 Å². The van der Waals surface area contributed by atoms with Crippen molar-refractivity contribution in [3.05, 3.63) is 52.8 Å². The van der Waals surface area contributed by atoms with Crippen LogP contribution in [0.1, 0.15) is 18.5 Å². The molecule has 0 radical (unpaired) electrons. The molecule has 1 N–H and O–H groups in total. The Morgan fingerprint density at radius 1 is 1.32 bits per heavy atom. The zero-order valence-corrected chi connectivity index (χ0v) is 13.7. The van der Waals surface area contributed by atoms with E-state index in [-0.39, 0.29) is 18.5 Å². The van der Waals surface area contributed by atoms with E-state index in [1.165, 1.54) is 10.8 Å². The fourth-order valence-corrected chi connectivity index (χ4v) is 2.57. The van der Waals surface area contributed by atoms with Gasteiger partial charge in [-0.05, 0) is 44.0 Å². The largest absolute Gasteiger partial charge is 0.461 e. The van der Waals surface area contributed by atoms with Gasteiger partial charge in [-0.15, -0.1) is 5.10 Å². The summed E-state index contributed by atoms with van der Waals surface area (Å²) >= 11 is 0. The number of carbonyl (C=O) groups is 1. The molecule has 0 bridgehead atoms. The molecule has 1 amide bonds. The molecule has 1 aliphatic carbocycles. The molecule has 1 fully saturated rings. The topological polar surface area (TPSA) is 95.0 Å². The molecule has 3 aromatic heterocycles. The van der Waals surface area contributed by atoms with Crippen LogP contribution in [-0.2, 0) is 11.3 Å². The summed E-state index contributed by atoms with van der Waals surface area (Å²) in [5.41, 5.74) is 0.337. The molecule has 1 aliphatic rings. The van der Waals surface area contributed by atoms with Crippen LogP contribution in [0.4, 0.5) is 0 Å². The minimum Gasteiger partial charge on any atom is -0.461 e. The van der Waals surface area contributed by atoms with Crippen molar-refractivity contribution in [2.24, 2.45) is 0 Å². The van der Waals surface area contributed by atoms with Crippen LogP contribution in [0, 0.1) is 6.92 Å². The third kappa shape index (κ3) is 3.10. The highest BCUT2D eigenvalue weighted by Gasteiger charge is 2.25. The van der Waals surface area contributed by atoms with Crippen LogP contribution in [-0.4, -0.2) is 31.3 Å². The maximum Gasteiger partial charge on any atom is 0.352 e. The number of carbonyl (C=O) groups excluding carboxylic acids is 1. The average molecular weight is 339 g/mol. The zero-order valence-electron chi connectivity index (χ0n) is 13.7. The molecule has 0 saturated heterocycles. The monoisotopic (exact) mass is 339 g/mol. The fraction of sp³-hybridized carbons (Fsp3) is 0.294. The number of aryl methyl sites for hydroxylation is 1. The lowest BCUT2D eigenvalue weighted by Crippen LogP contribution is -2.34. The summed E-state index contributed by atoms with van der Waals surface area (Å²) in [5, 5.41) is 7.15. The van der Waals surface area contributed by atoms with Gasteiger partial charge < -0.3 is 9.73 Å². The predicted molar refractivity (Wildman–Crippen MR) is 89.2 cm³/mol. The van der Waals surface area contributed by atoms with Gasteiger partial charge in [0.15, 0.2) is 5.76 Å².